The molecule has 1 saturated heterocycles. The molecule has 0 saturated carbocycles. The largest absolute Gasteiger partial charge is 0.497 e. The van der Waals surface area contributed by atoms with Crippen molar-refractivity contribution in [3.05, 3.63) is 29.8 Å². The van der Waals surface area contributed by atoms with E-state index in [-0.39, 0.29) is 11.0 Å². The van der Waals surface area contributed by atoms with E-state index in [4.69, 9.17) is 4.74 Å². The summed E-state index contributed by atoms with van der Waals surface area (Å²) in [5, 5.41) is 0.209. The van der Waals surface area contributed by atoms with E-state index < -0.39 is 10.0 Å². The minimum atomic E-state index is -3.08. The third kappa shape index (κ3) is 3.43. The molecule has 19 heavy (non-hydrogen) atoms. The minimum absolute atomic E-state index is 0.174. The number of nitrogens with zero attached hydrogens (tertiary/aromatic N) is 1. The highest BCUT2D eigenvalue weighted by Gasteiger charge is 2.28. The Morgan fingerprint density at radius 3 is 2.63 bits per heavy atom. The lowest BCUT2D eigenvalue weighted by Crippen LogP contribution is -2.39. The van der Waals surface area contributed by atoms with Crippen molar-refractivity contribution in [3.63, 3.8) is 0 Å². The van der Waals surface area contributed by atoms with E-state index in [1.807, 2.05) is 36.0 Å². The molecule has 0 spiro atoms. The molecule has 1 atom stereocenters. The van der Waals surface area contributed by atoms with Crippen molar-refractivity contribution >= 4 is 21.8 Å². The molecule has 106 valence electrons. The summed E-state index contributed by atoms with van der Waals surface area (Å²) in [6.07, 6.45) is 0. The summed E-state index contributed by atoms with van der Waals surface area (Å²) in [5.41, 5.74) is 1.15. The summed E-state index contributed by atoms with van der Waals surface area (Å²) >= 11 is 1.81. The van der Waals surface area contributed by atoms with Crippen LogP contribution in [-0.2, 0) is 10.0 Å². The molecule has 1 aromatic carbocycles. The van der Waals surface area contributed by atoms with Gasteiger partial charge in [-0.15, -0.1) is 0 Å². The van der Waals surface area contributed by atoms with E-state index in [1.54, 1.807) is 18.3 Å². The summed E-state index contributed by atoms with van der Waals surface area (Å²) in [4.78, 5) is 0. The van der Waals surface area contributed by atoms with Gasteiger partial charge in [-0.2, -0.15) is 16.1 Å². The molecule has 4 nitrogen and oxygen atoms in total. The minimum Gasteiger partial charge on any atom is -0.497 e. The standard InChI is InChI=1S/C13H19NO3S2/c1-3-19(15,16)14-8-9-18-13(10-14)11-4-6-12(17-2)7-5-11/h4-7,13H,3,8-10H2,1-2H3. The molecule has 0 radical (unpaired) electrons. The van der Waals surface area contributed by atoms with Gasteiger partial charge in [-0.1, -0.05) is 12.1 Å². The van der Waals surface area contributed by atoms with Crippen LogP contribution in [0.15, 0.2) is 24.3 Å². The van der Waals surface area contributed by atoms with Gasteiger partial charge < -0.3 is 4.74 Å². The molecule has 0 N–H and O–H groups in total. The molecule has 0 amide bonds. The summed E-state index contributed by atoms with van der Waals surface area (Å²) in [7, 11) is -1.44. The number of methoxy groups -OCH3 is 1. The molecular formula is C13H19NO3S2. The average molecular weight is 301 g/mol. The fourth-order valence-corrected chi connectivity index (χ4v) is 4.65. The number of sulfonamides is 1. The first kappa shape index (κ1) is 14.7. The third-order valence-electron chi connectivity index (χ3n) is 3.27. The van der Waals surface area contributed by atoms with Gasteiger partial charge in [0.1, 0.15) is 5.75 Å². The molecule has 1 aliphatic heterocycles. The van der Waals surface area contributed by atoms with Crippen LogP contribution >= 0.6 is 11.8 Å². The molecule has 1 fully saturated rings. The molecule has 1 aromatic rings. The van der Waals surface area contributed by atoms with Gasteiger partial charge in [-0.05, 0) is 24.6 Å². The Morgan fingerprint density at radius 2 is 2.05 bits per heavy atom. The number of rotatable bonds is 4. The fraction of sp³-hybridized carbons (Fsp3) is 0.538. The number of benzene rings is 1. The van der Waals surface area contributed by atoms with Crippen LogP contribution < -0.4 is 4.74 Å². The van der Waals surface area contributed by atoms with E-state index in [1.165, 1.54) is 0 Å². The monoisotopic (exact) mass is 301 g/mol. The fourth-order valence-electron chi connectivity index (χ4n) is 2.08. The second kappa shape index (κ2) is 6.15. The van der Waals surface area contributed by atoms with Crippen LogP contribution in [0.25, 0.3) is 0 Å². The zero-order valence-electron chi connectivity index (χ0n) is 11.2. The maximum Gasteiger partial charge on any atom is 0.213 e. The Hall–Kier alpha value is -0.720. The normalized spacial score (nSPS) is 21.3. The molecular weight excluding hydrogens is 282 g/mol. The van der Waals surface area contributed by atoms with E-state index in [0.29, 0.717) is 13.1 Å². The third-order valence-corrected chi connectivity index (χ3v) is 6.36. The van der Waals surface area contributed by atoms with Crippen LogP contribution in [0.3, 0.4) is 0 Å². The van der Waals surface area contributed by atoms with Crippen molar-refractivity contribution in [3.8, 4) is 5.75 Å². The van der Waals surface area contributed by atoms with Gasteiger partial charge >= 0.3 is 0 Å². The Morgan fingerprint density at radius 1 is 1.37 bits per heavy atom. The van der Waals surface area contributed by atoms with E-state index in [2.05, 4.69) is 0 Å². The number of hydrogen-bond acceptors (Lipinski definition) is 4. The molecule has 0 aromatic heterocycles. The van der Waals surface area contributed by atoms with Crippen molar-refractivity contribution in [2.24, 2.45) is 0 Å². The average Bonchev–Trinajstić information content (AvgIpc) is 2.47. The summed E-state index contributed by atoms with van der Waals surface area (Å²) in [5.74, 6) is 1.84. The predicted octanol–water partition coefficient (Wildman–Crippen LogP) is 2.13. The van der Waals surface area contributed by atoms with Crippen LogP contribution in [0.5, 0.6) is 5.75 Å². The van der Waals surface area contributed by atoms with E-state index >= 15 is 0 Å². The van der Waals surface area contributed by atoms with Gasteiger partial charge in [0, 0.05) is 24.1 Å². The second-order valence-corrected chi connectivity index (χ2v) is 7.96. The lowest BCUT2D eigenvalue weighted by molar-refractivity contribution is 0.413. The smallest absolute Gasteiger partial charge is 0.213 e. The van der Waals surface area contributed by atoms with Gasteiger partial charge in [0.05, 0.1) is 12.9 Å². The highest BCUT2D eigenvalue weighted by atomic mass is 32.2. The van der Waals surface area contributed by atoms with E-state index in [0.717, 1.165) is 17.1 Å². The van der Waals surface area contributed by atoms with Crippen molar-refractivity contribution in [1.82, 2.24) is 4.31 Å². The Labute approximate surface area is 119 Å². The van der Waals surface area contributed by atoms with Crippen molar-refractivity contribution in [2.75, 3.05) is 31.7 Å². The highest BCUT2D eigenvalue weighted by molar-refractivity contribution is 7.99. The summed E-state index contributed by atoms with van der Waals surface area (Å²) in [6, 6.07) is 7.86. The number of hydrogen-bond donors (Lipinski definition) is 0. The molecule has 6 heteroatoms. The molecule has 1 heterocycles. The number of thioether (sulfide) groups is 1. The lowest BCUT2D eigenvalue weighted by atomic mass is 10.1. The van der Waals surface area contributed by atoms with Gasteiger partial charge in [-0.25, -0.2) is 8.42 Å². The second-order valence-electron chi connectivity index (χ2n) is 4.39. The Balaban J connectivity index is 2.12. The summed E-state index contributed by atoms with van der Waals surface area (Å²) < 4.78 is 30.6. The van der Waals surface area contributed by atoms with Crippen molar-refractivity contribution < 1.29 is 13.2 Å². The highest BCUT2D eigenvalue weighted by Crippen LogP contribution is 2.34. The molecule has 2 rings (SSSR count). The first-order valence-corrected chi connectivity index (χ1v) is 8.96. The summed E-state index contributed by atoms with van der Waals surface area (Å²) in [6.45, 7) is 2.88. The molecule has 1 aliphatic rings. The lowest BCUT2D eigenvalue weighted by Gasteiger charge is -2.31. The molecule has 0 aliphatic carbocycles. The first-order valence-electron chi connectivity index (χ1n) is 6.30. The maximum atomic E-state index is 11.9. The quantitative estimate of drug-likeness (QED) is 0.855. The van der Waals surface area contributed by atoms with Gasteiger partial charge in [0.2, 0.25) is 10.0 Å². The first-order chi connectivity index (χ1) is 9.06. The van der Waals surface area contributed by atoms with Crippen LogP contribution in [0.4, 0.5) is 0 Å². The van der Waals surface area contributed by atoms with Crippen molar-refractivity contribution in [1.29, 1.82) is 0 Å². The van der Waals surface area contributed by atoms with Crippen LogP contribution in [0, 0.1) is 0 Å². The number of ether oxygens (including phenoxy) is 1. The topological polar surface area (TPSA) is 46.6 Å². The predicted molar refractivity (Wildman–Crippen MR) is 79.2 cm³/mol. The van der Waals surface area contributed by atoms with Gasteiger partial charge in [0.25, 0.3) is 0 Å². The van der Waals surface area contributed by atoms with Crippen LogP contribution in [0.1, 0.15) is 17.7 Å². The zero-order valence-corrected chi connectivity index (χ0v) is 12.8. The molecule has 1 unspecified atom stereocenters. The van der Waals surface area contributed by atoms with Crippen LogP contribution in [0.2, 0.25) is 0 Å². The Kier molecular flexibility index (Phi) is 4.76. The molecule has 0 bridgehead atoms. The van der Waals surface area contributed by atoms with Crippen LogP contribution in [-0.4, -0.2) is 44.4 Å². The van der Waals surface area contributed by atoms with E-state index in [9.17, 15) is 8.42 Å². The zero-order chi connectivity index (χ0) is 13.9. The SMILES string of the molecule is CCS(=O)(=O)N1CCSC(c2ccc(OC)cc2)C1. The van der Waals surface area contributed by atoms with Gasteiger partial charge in [0.15, 0.2) is 0 Å². The Bertz CT molecular complexity index is 513. The van der Waals surface area contributed by atoms with Gasteiger partial charge in [-0.3, -0.25) is 0 Å². The van der Waals surface area contributed by atoms with Crippen molar-refractivity contribution in [2.45, 2.75) is 12.2 Å². The maximum absolute atomic E-state index is 11.9.